The lowest BCUT2D eigenvalue weighted by molar-refractivity contribution is -0.158. The fourth-order valence-corrected chi connectivity index (χ4v) is 5.58. The molecule has 4 unspecified atom stereocenters. The number of benzene rings is 1. The molecule has 6 amide bonds. The summed E-state index contributed by atoms with van der Waals surface area (Å²) >= 11 is 0. The molecule has 0 saturated carbocycles. The molecule has 1 aliphatic rings. The zero-order valence-corrected chi connectivity index (χ0v) is 34.3. The Balaban J connectivity index is 2.29. The molecular weight excluding hydrogens is 712 g/mol. The summed E-state index contributed by atoms with van der Waals surface area (Å²) in [6.07, 6.45) is -1.43. The third-order valence-corrected chi connectivity index (χ3v) is 8.48. The molecule has 2 rings (SSSR count). The molecule has 1 aliphatic heterocycles. The molecule has 5 atom stereocenters. The molecule has 306 valence electrons. The van der Waals surface area contributed by atoms with Crippen LogP contribution in [0.3, 0.4) is 0 Å². The molecule has 0 spiro atoms. The highest BCUT2D eigenvalue weighted by molar-refractivity contribution is 6.38. The van der Waals surface area contributed by atoms with Crippen molar-refractivity contribution < 1.29 is 47.8 Å². The molecule has 0 aromatic heterocycles. The minimum absolute atomic E-state index is 0.0472. The molecule has 0 aliphatic carbocycles. The van der Waals surface area contributed by atoms with Crippen LogP contribution in [0, 0.1) is 10.8 Å². The van der Waals surface area contributed by atoms with Gasteiger partial charge >= 0.3 is 12.1 Å². The number of hydrogen-bond acceptors (Lipinski definition) is 10. The van der Waals surface area contributed by atoms with E-state index in [1.807, 2.05) is 0 Å². The van der Waals surface area contributed by atoms with Crippen molar-refractivity contribution in [1.29, 1.82) is 0 Å². The van der Waals surface area contributed by atoms with E-state index in [4.69, 9.17) is 9.47 Å². The summed E-state index contributed by atoms with van der Waals surface area (Å²) in [4.78, 5) is 109. The number of nitrogens with one attached hydrogen (secondary N) is 4. The number of rotatable bonds is 14. The van der Waals surface area contributed by atoms with Crippen molar-refractivity contribution >= 4 is 47.4 Å². The van der Waals surface area contributed by atoms with Crippen molar-refractivity contribution in [2.75, 3.05) is 27.2 Å². The summed E-state index contributed by atoms with van der Waals surface area (Å²) in [6, 6.07) is 3.73. The van der Waals surface area contributed by atoms with Gasteiger partial charge in [0.25, 0.3) is 5.91 Å². The summed E-state index contributed by atoms with van der Waals surface area (Å²) in [5.74, 6) is -5.28. The van der Waals surface area contributed by atoms with E-state index in [9.17, 15) is 38.4 Å². The van der Waals surface area contributed by atoms with Gasteiger partial charge in [-0.25, -0.2) is 4.79 Å². The maximum absolute atomic E-state index is 14.2. The van der Waals surface area contributed by atoms with Crippen molar-refractivity contribution in [1.82, 2.24) is 31.1 Å². The Morgan fingerprint density at radius 2 is 1.47 bits per heavy atom. The fraction of sp³-hybridized carbons (Fsp3) is 0.641. The van der Waals surface area contributed by atoms with E-state index in [-0.39, 0.29) is 19.4 Å². The number of ketones is 1. The maximum Gasteiger partial charge on any atom is 0.408 e. The number of ether oxygens (including phenoxy) is 2. The van der Waals surface area contributed by atoms with Gasteiger partial charge in [0.1, 0.15) is 29.8 Å². The second kappa shape index (κ2) is 19.0. The Kier molecular flexibility index (Phi) is 16.0. The highest BCUT2D eigenvalue weighted by Gasteiger charge is 2.47. The summed E-state index contributed by atoms with van der Waals surface area (Å²) < 4.78 is 11.1. The van der Waals surface area contributed by atoms with E-state index >= 15 is 0 Å². The SMILES string of the molecule is CCCC(NC(=O)[C@@H]1CC(OC(=O)C(C)(C)C)CN1C(=O)C(NC(=O)OC(C)(C)C)C(C)(C)C)C(=O)C(=O)NCC(=O)NC(C(=O)N(C)C)c1ccccc1. The minimum atomic E-state index is -1.33. The maximum atomic E-state index is 14.2. The lowest BCUT2D eigenvalue weighted by Crippen LogP contribution is -2.59. The van der Waals surface area contributed by atoms with Gasteiger partial charge in [0.2, 0.25) is 29.4 Å². The van der Waals surface area contributed by atoms with Crippen LogP contribution in [0.4, 0.5) is 4.79 Å². The summed E-state index contributed by atoms with van der Waals surface area (Å²) in [5.41, 5.74) is -2.08. The molecule has 1 aromatic rings. The van der Waals surface area contributed by atoms with E-state index in [1.165, 1.54) is 23.9 Å². The van der Waals surface area contributed by atoms with Crippen molar-refractivity contribution in [3.63, 3.8) is 0 Å². The standard InChI is InChI=1S/C39H60N6O10/c1-13-17-25(29(47)32(49)40-21-27(46)42-28(33(50)44(11)12)23-18-15-14-16-19-23)41-31(48)26-20-24(54-35(52)38(5,6)7)22-45(26)34(51)30(37(2,3)4)43-36(53)55-39(8,9)10/h14-16,18-19,24-26,28,30H,13,17,20-22H2,1-12H3,(H,40,49)(H,41,48)(H,42,46)(H,43,53)/t24?,25?,26-,28?,30?/m0/s1. The van der Waals surface area contributed by atoms with Crippen LogP contribution >= 0.6 is 0 Å². The highest BCUT2D eigenvalue weighted by atomic mass is 16.6. The third-order valence-electron chi connectivity index (χ3n) is 8.48. The van der Waals surface area contributed by atoms with Crippen LogP contribution in [-0.4, -0.2) is 114 Å². The first-order valence-electron chi connectivity index (χ1n) is 18.5. The molecule has 16 heteroatoms. The molecule has 1 heterocycles. The van der Waals surface area contributed by atoms with Gasteiger partial charge in [-0.15, -0.1) is 0 Å². The molecule has 1 aromatic carbocycles. The number of alkyl carbamates (subject to hydrolysis) is 1. The quantitative estimate of drug-likeness (QED) is 0.160. The number of nitrogens with zero attached hydrogens (tertiary/aromatic N) is 2. The monoisotopic (exact) mass is 772 g/mol. The predicted octanol–water partition coefficient (Wildman–Crippen LogP) is 2.40. The molecular formula is C39H60N6O10. The van der Waals surface area contributed by atoms with Gasteiger partial charge in [0.15, 0.2) is 0 Å². The molecule has 1 fully saturated rings. The van der Waals surface area contributed by atoms with Crippen LogP contribution in [0.25, 0.3) is 0 Å². The van der Waals surface area contributed by atoms with Gasteiger partial charge < -0.3 is 40.5 Å². The molecule has 0 bridgehead atoms. The Morgan fingerprint density at radius 3 is 1.98 bits per heavy atom. The first-order chi connectivity index (χ1) is 25.3. The van der Waals surface area contributed by atoms with Crippen LogP contribution in [0.2, 0.25) is 0 Å². The lowest BCUT2D eigenvalue weighted by atomic mass is 9.85. The van der Waals surface area contributed by atoms with Crippen LogP contribution in [0.15, 0.2) is 30.3 Å². The molecule has 0 radical (unpaired) electrons. The van der Waals surface area contributed by atoms with E-state index in [0.29, 0.717) is 12.0 Å². The number of carbonyl (C=O) groups excluding carboxylic acids is 8. The number of Topliss-reactive ketones (excluding diaryl/α,β-unsaturated/α-hetero) is 1. The number of likely N-dealkylation sites (N-methyl/N-ethyl adjacent to an activating group) is 1. The zero-order valence-electron chi connectivity index (χ0n) is 34.3. The Bertz CT molecular complexity index is 1580. The number of likely N-dealkylation sites (tertiary alicyclic amines) is 1. The van der Waals surface area contributed by atoms with Crippen LogP contribution in [0.5, 0.6) is 0 Å². The van der Waals surface area contributed by atoms with Crippen molar-refractivity contribution in [2.45, 2.75) is 124 Å². The van der Waals surface area contributed by atoms with E-state index < -0.39 is 101 Å². The topological polar surface area (TPSA) is 210 Å². The Morgan fingerprint density at radius 1 is 0.873 bits per heavy atom. The van der Waals surface area contributed by atoms with E-state index in [1.54, 1.807) is 99.6 Å². The van der Waals surface area contributed by atoms with Gasteiger partial charge in [-0.05, 0) is 58.9 Å². The number of carbonyl (C=O) groups is 8. The summed E-state index contributed by atoms with van der Waals surface area (Å²) in [6.45, 7) is 16.1. The fourth-order valence-electron chi connectivity index (χ4n) is 5.58. The predicted molar refractivity (Wildman–Crippen MR) is 203 cm³/mol. The van der Waals surface area contributed by atoms with Crippen LogP contribution < -0.4 is 21.3 Å². The second-order valence-corrected chi connectivity index (χ2v) is 17.0. The van der Waals surface area contributed by atoms with Gasteiger partial charge in [0, 0.05) is 20.5 Å². The first-order valence-corrected chi connectivity index (χ1v) is 18.5. The van der Waals surface area contributed by atoms with Crippen LogP contribution in [0.1, 0.15) is 100 Å². The molecule has 16 nitrogen and oxygen atoms in total. The normalized spacial score (nSPS) is 17.5. The largest absolute Gasteiger partial charge is 0.460 e. The van der Waals surface area contributed by atoms with Gasteiger partial charge in [0.05, 0.1) is 24.5 Å². The zero-order chi connectivity index (χ0) is 42.1. The van der Waals surface area contributed by atoms with Gasteiger partial charge in [-0.3, -0.25) is 33.6 Å². The lowest BCUT2D eigenvalue weighted by Gasteiger charge is -2.35. The Hall–Kier alpha value is -5.02. The average molecular weight is 773 g/mol. The Labute approximate surface area is 324 Å². The molecule has 1 saturated heterocycles. The van der Waals surface area contributed by atoms with Crippen molar-refractivity contribution in [2.24, 2.45) is 10.8 Å². The number of esters is 1. The number of hydrogen-bond donors (Lipinski definition) is 4. The van der Waals surface area contributed by atoms with Crippen LogP contribution in [-0.2, 0) is 43.0 Å². The summed E-state index contributed by atoms with van der Waals surface area (Å²) in [7, 11) is 3.08. The minimum Gasteiger partial charge on any atom is -0.460 e. The number of amides is 6. The third kappa shape index (κ3) is 14.0. The molecule has 4 N–H and O–H groups in total. The molecule has 55 heavy (non-hydrogen) atoms. The second-order valence-electron chi connectivity index (χ2n) is 17.0. The van der Waals surface area contributed by atoms with E-state index in [0.717, 1.165) is 0 Å². The highest BCUT2D eigenvalue weighted by Crippen LogP contribution is 2.29. The van der Waals surface area contributed by atoms with E-state index in [2.05, 4.69) is 21.3 Å². The summed E-state index contributed by atoms with van der Waals surface area (Å²) in [5, 5.41) is 10.1. The smallest absolute Gasteiger partial charge is 0.408 e. The average Bonchev–Trinajstić information content (AvgIpc) is 3.50. The van der Waals surface area contributed by atoms with Gasteiger partial charge in [-0.2, -0.15) is 0 Å². The van der Waals surface area contributed by atoms with Crippen molar-refractivity contribution in [3.05, 3.63) is 35.9 Å². The first kappa shape index (κ1) is 46.1. The van der Waals surface area contributed by atoms with Gasteiger partial charge in [-0.1, -0.05) is 64.4 Å². The van der Waals surface area contributed by atoms with Crippen molar-refractivity contribution in [3.8, 4) is 0 Å².